The van der Waals surface area contributed by atoms with E-state index in [-0.39, 0.29) is 12.5 Å². The van der Waals surface area contributed by atoms with Crippen LogP contribution in [0.3, 0.4) is 0 Å². The number of likely N-dealkylation sites (N-methyl/N-ethyl adjacent to an activating group) is 1. The van der Waals surface area contributed by atoms with Crippen LogP contribution in [0.4, 0.5) is 0 Å². The van der Waals surface area contributed by atoms with Crippen molar-refractivity contribution in [2.45, 2.75) is 0 Å². The van der Waals surface area contributed by atoms with Gasteiger partial charge in [0.15, 0.2) is 0 Å². The zero-order valence-electron chi connectivity index (χ0n) is 4.60. The van der Waals surface area contributed by atoms with Crippen LogP contribution in [-0.4, -0.2) is 25.9 Å². The molecule has 0 bridgehead atoms. The molecule has 0 aromatic rings. The van der Waals surface area contributed by atoms with Gasteiger partial charge in [-0.25, -0.2) is 0 Å². The third-order valence-corrected chi connectivity index (χ3v) is 0.625. The highest BCUT2D eigenvalue weighted by molar-refractivity contribution is 5.79. The molecule has 0 fully saturated rings. The van der Waals surface area contributed by atoms with E-state index in [0.717, 1.165) is 0 Å². The van der Waals surface area contributed by atoms with Crippen LogP contribution >= 0.6 is 0 Å². The van der Waals surface area contributed by atoms with E-state index in [1.54, 1.807) is 0 Å². The van der Waals surface area contributed by atoms with Crippen molar-refractivity contribution in [3.63, 3.8) is 0 Å². The molecule has 4 heteroatoms. The Morgan fingerprint density at radius 1 is 1.75 bits per heavy atom. The molecular weight excluding hydrogens is 108 g/mol. The van der Waals surface area contributed by atoms with Crippen molar-refractivity contribution >= 4 is 12.3 Å². The SMILES string of the molecule is CNC(=O)CNC=O. The fourth-order valence-electron chi connectivity index (χ4n) is 0.223. The van der Waals surface area contributed by atoms with Crippen LogP contribution in [0.5, 0.6) is 0 Å². The largest absolute Gasteiger partial charge is 0.358 e. The Bertz CT molecular complexity index is 92.0. The van der Waals surface area contributed by atoms with Gasteiger partial charge in [0, 0.05) is 7.05 Å². The molecule has 2 amide bonds. The summed E-state index contributed by atoms with van der Waals surface area (Å²) in [6.07, 6.45) is 0.481. The van der Waals surface area contributed by atoms with E-state index in [0.29, 0.717) is 6.41 Å². The summed E-state index contributed by atoms with van der Waals surface area (Å²) in [6, 6.07) is 0. The number of carbonyl (C=O) groups is 2. The summed E-state index contributed by atoms with van der Waals surface area (Å²) in [7, 11) is 1.51. The first-order valence-corrected chi connectivity index (χ1v) is 2.19. The van der Waals surface area contributed by atoms with Gasteiger partial charge in [-0.2, -0.15) is 0 Å². The second-order valence-corrected chi connectivity index (χ2v) is 1.17. The Morgan fingerprint density at radius 2 is 2.38 bits per heavy atom. The summed E-state index contributed by atoms with van der Waals surface area (Å²) in [5, 5.41) is 4.55. The molecule has 0 unspecified atom stereocenters. The molecule has 8 heavy (non-hydrogen) atoms. The molecular formula is C4H8N2O2. The van der Waals surface area contributed by atoms with Gasteiger partial charge in [-0.05, 0) is 0 Å². The van der Waals surface area contributed by atoms with Crippen molar-refractivity contribution in [2.75, 3.05) is 13.6 Å². The molecule has 2 N–H and O–H groups in total. The van der Waals surface area contributed by atoms with Crippen molar-refractivity contribution in [2.24, 2.45) is 0 Å². The third kappa shape index (κ3) is 3.14. The summed E-state index contributed by atoms with van der Waals surface area (Å²) in [4.78, 5) is 19.8. The summed E-state index contributed by atoms with van der Waals surface area (Å²) in [5.41, 5.74) is 0. The minimum atomic E-state index is -0.197. The van der Waals surface area contributed by atoms with E-state index in [9.17, 15) is 9.59 Å². The monoisotopic (exact) mass is 116 g/mol. The maximum Gasteiger partial charge on any atom is 0.239 e. The van der Waals surface area contributed by atoms with Gasteiger partial charge < -0.3 is 10.6 Å². The van der Waals surface area contributed by atoms with Crippen molar-refractivity contribution in [3.05, 3.63) is 0 Å². The average Bonchev–Trinajstić information content (AvgIpc) is 1.83. The van der Waals surface area contributed by atoms with Gasteiger partial charge in [0.05, 0.1) is 6.54 Å². The first-order valence-electron chi connectivity index (χ1n) is 2.19. The standard InChI is InChI=1S/C4H8N2O2/c1-5-4(8)2-6-3-7/h3H,2H2,1H3,(H,5,8)(H,6,7). The molecule has 0 saturated carbocycles. The predicted molar refractivity (Wildman–Crippen MR) is 28.1 cm³/mol. The van der Waals surface area contributed by atoms with Crippen LogP contribution in [0.1, 0.15) is 0 Å². The van der Waals surface area contributed by atoms with Crippen LogP contribution in [-0.2, 0) is 9.59 Å². The maximum atomic E-state index is 10.2. The molecule has 0 aliphatic carbocycles. The number of amides is 2. The molecule has 0 radical (unpaired) electrons. The van der Waals surface area contributed by atoms with Crippen molar-refractivity contribution < 1.29 is 9.59 Å². The molecule has 0 atom stereocenters. The molecule has 0 saturated heterocycles. The van der Waals surface area contributed by atoms with Gasteiger partial charge in [0.2, 0.25) is 12.3 Å². The summed E-state index contributed by atoms with van der Waals surface area (Å²) < 4.78 is 0. The maximum absolute atomic E-state index is 10.2. The van der Waals surface area contributed by atoms with Crippen LogP contribution < -0.4 is 10.6 Å². The Balaban J connectivity index is 3.11. The van der Waals surface area contributed by atoms with Gasteiger partial charge in [0.25, 0.3) is 0 Å². The molecule has 0 heterocycles. The zero-order chi connectivity index (χ0) is 6.41. The highest BCUT2D eigenvalue weighted by atomic mass is 16.2. The van der Waals surface area contributed by atoms with Crippen LogP contribution in [0, 0.1) is 0 Å². The first kappa shape index (κ1) is 6.94. The Kier molecular flexibility index (Phi) is 3.56. The second kappa shape index (κ2) is 4.11. The number of nitrogens with one attached hydrogen (secondary N) is 2. The lowest BCUT2D eigenvalue weighted by Crippen LogP contribution is -2.30. The second-order valence-electron chi connectivity index (χ2n) is 1.17. The van der Waals surface area contributed by atoms with E-state index in [4.69, 9.17) is 0 Å². The smallest absolute Gasteiger partial charge is 0.239 e. The first-order chi connectivity index (χ1) is 3.81. The molecule has 0 aliphatic heterocycles. The summed E-state index contributed by atoms with van der Waals surface area (Å²) in [6.45, 7) is 0.0556. The molecule has 0 rings (SSSR count). The fraction of sp³-hybridized carbons (Fsp3) is 0.500. The Morgan fingerprint density at radius 3 is 2.75 bits per heavy atom. The van der Waals surface area contributed by atoms with E-state index >= 15 is 0 Å². The number of hydrogen-bond donors (Lipinski definition) is 2. The zero-order valence-corrected chi connectivity index (χ0v) is 4.60. The number of rotatable bonds is 3. The lowest BCUT2D eigenvalue weighted by molar-refractivity contribution is -0.121. The Hall–Kier alpha value is -1.06. The topological polar surface area (TPSA) is 58.2 Å². The molecule has 0 aliphatic rings. The lowest BCUT2D eigenvalue weighted by Gasteiger charge is -1.93. The molecule has 0 aromatic carbocycles. The van der Waals surface area contributed by atoms with Gasteiger partial charge in [0.1, 0.15) is 0 Å². The highest BCUT2D eigenvalue weighted by Crippen LogP contribution is 1.53. The quantitative estimate of drug-likeness (QED) is 0.440. The average molecular weight is 116 g/mol. The fourth-order valence-corrected chi connectivity index (χ4v) is 0.223. The molecule has 4 nitrogen and oxygen atoms in total. The minimum absolute atomic E-state index is 0.0556. The van der Waals surface area contributed by atoms with E-state index in [2.05, 4.69) is 10.6 Å². The van der Waals surface area contributed by atoms with Crippen molar-refractivity contribution in [1.82, 2.24) is 10.6 Å². The van der Waals surface area contributed by atoms with E-state index in [1.807, 2.05) is 0 Å². The van der Waals surface area contributed by atoms with Crippen molar-refractivity contribution in [1.29, 1.82) is 0 Å². The van der Waals surface area contributed by atoms with E-state index in [1.165, 1.54) is 7.05 Å². The van der Waals surface area contributed by atoms with Crippen LogP contribution in [0.2, 0.25) is 0 Å². The lowest BCUT2D eigenvalue weighted by atomic mass is 10.6. The summed E-state index contributed by atoms with van der Waals surface area (Å²) >= 11 is 0. The molecule has 46 valence electrons. The number of hydrogen-bond acceptors (Lipinski definition) is 2. The predicted octanol–water partition coefficient (Wildman–Crippen LogP) is -1.52. The Labute approximate surface area is 47.3 Å². The van der Waals surface area contributed by atoms with Gasteiger partial charge >= 0.3 is 0 Å². The number of carbonyl (C=O) groups excluding carboxylic acids is 2. The highest BCUT2D eigenvalue weighted by Gasteiger charge is 1.91. The van der Waals surface area contributed by atoms with Crippen LogP contribution in [0.15, 0.2) is 0 Å². The van der Waals surface area contributed by atoms with E-state index < -0.39 is 0 Å². The molecule has 0 spiro atoms. The third-order valence-electron chi connectivity index (χ3n) is 0.625. The summed E-state index contributed by atoms with van der Waals surface area (Å²) in [5.74, 6) is -0.197. The van der Waals surface area contributed by atoms with Crippen LogP contribution in [0.25, 0.3) is 0 Å². The molecule has 0 aromatic heterocycles. The van der Waals surface area contributed by atoms with Crippen molar-refractivity contribution in [3.8, 4) is 0 Å². The van der Waals surface area contributed by atoms with Gasteiger partial charge in [-0.15, -0.1) is 0 Å². The van der Waals surface area contributed by atoms with Gasteiger partial charge in [-0.3, -0.25) is 9.59 Å². The normalized spacial score (nSPS) is 7.62. The minimum Gasteiger partial charge on any atom is -0.358 e. The van der Waals surface area contributed by atoms with Gasteiger partial charge in [-0.1, -0.05) is 0 Å².